The number of aryl methyl sites for hydroxylation is 1. The average Bonchev–Trinajstić information content (AvgIpc) is 2.56. The molecule has 0 atom stereocenters. The Morgan fingerprint density at radius 2 is 1.95 bits per heavy atom. The number of hydrogen-bond donors (Lipinski definition) is 1. The Hall–Kier alpha value is -2.63. The van der Waals surface area contributed by atoms with E-state index in [2.05, 4.69) is 15.3 Å². The summed E-state index contributed by atoms with van der Waals surface area (Å²) in [6.07, 6.45) is 5.08. The maximum Gasteiger partial charge on any atom is 0.271 e. The molecule has 2 aromatic rings. The summed E-state index contributed by atoms with van der Waals surface area (Å²) in [5.41, 5.74) is 2.28. The van der Waals surface area contributed by atoms with E-state index in [1.165, 1.54) is 18.6 Å². The van der Waals surface area contributed by atoms with Crippen molar-refractivity contribution < 1.29 is 14.3 Å². The predicted molar refractivity (Wildman–Crippen MR) is 82.4 cm³/mol. The minimum Gasteiger partial charge on any atom is -0.496 e. The number of rotatable bonds is 6. The van der Waals surface area contributed by atoms with Crippen LogP contribution in [0.1, 0.15) is 21.6 Å². The van der Waals surface area contributed by atoms with Crippen molar-refractivity contribution in [1.29, 1.82) is 0 Å². The molecule has 0 aliphatic heterocycles. The van der Waals surface area contributed by atoms with Crippen molar-refractivity contribution in [1.82, 2.24) is 15.3 Å². The lowest BCUT2D eigenvalue weighted by molar-refractivity contribution is 0.0948. The maximum absolute atomic E-state index is 11.9. The largest absolute Gasteiger partial charge is 0.496 e. The van der Waals surface area contributed by atoms with Crippen LogP contribution in [0.15, 0.2) is 30.7 Å². The molecule has 2 rings (SSSR count). The quantitative estimate of drug-likeness (QED) is 0.880. The summed E-state index contributed by atoms with van der Waals surface area (Å²) in [5, 5.41) is 2.81. The molecule has 1 N–H and O–H groups in total. The third-order valence-electron chi connectivity index (χ3n) is 3.27. The molecule has 0 saturated heterocycles. The van der Waals surface area contributed by atoms with Crippen molar-refractivity contribution in [2.45, 2.75) is 13.3 Å². The highest BCUT2D eigenvalue weighted by atomic mass is 16.5. The smallest absolute Gasteiger partial charge is 0.271 e. The van der Waals surface area contributed by atoms with Crippen molar-refractivity contribution in [2.24, 2.45) is 0 Å². The van der Waals surface area contributed by atoms with Gasteiger partial charge in [-0.25, -0.2) is 4.98 Å². The second-order valence-corrected chi connectivity index (χ2v) is 4.73. The standard InChI is InChI=1S/C16H19N3O3/c1-11-8-15(22-3)12(9-14(11)21-2)4-5-19-16(20)13-10-17-6-7-18-13/h6-10H,4-5H2,1-3H3,(H,19,20). The Morgan fingerprint density at radius 3 is 2.59 bits per heavy atom. The van der Waals surface area contributed by atoms with Crippen LogP contribution in [0.3, 0.4) is 0 Å². The number of aromatic nitrogens is 2. The van der Waals surface area contributed by atoms with Gasteiger partial charge in [0.1, 0.15) is 17.2 Å². The molecule has 1 aromatic carbocycles. The maximum atomic E-state index is 11.9. The molecule has 0 bridgehead atoms. The third kappa shape index (κ3) is 3.72. The molecule has 1 aromatic heterocycles. The number of methoxy groups -OCH3 is 2. The molecule has 0 aliphatic carbocycles. The molecule has 0 unspecified atom stereocenters. The number of amides is 1. The van der Waals surface area contributed by atoms with Crippen LogP contribution in [-0.4, -0.2) is 36.6 Å². The molecule has 1 amide bonds. The lowest BCUT2D eigenvalue weighted by atomic mass is 10.1. The fourth-order valence-electron chi connectivity index (χ4n) is 2.13. The number of carbonyl (C=O) groups is 1. The first-order valence-electron chi connectivity index (χ1n) is 6.91. The molecule has 0 aliphatic rings. The van der Waals surface area contributed by atoms with Gasteiger partial charge in [0, 0.05) is 18.9 Å². The Labute approximate surface area is 129 Å². The summed E-state index contributed by atoms with van der Waals surface area (Å²) in [6.45, 7) is 2.43. The molecular weight excluding hydrogens is 282 g/mol. The zero-order chi connectivity index (χ0) is 15.9. The minimum atomic E-state index is -0.244. The lowest BCUT2D eigenvalue weighted by Crippen LogP contribution is -2.26. The van der Waals surface area contributed by atoms with E-state index in [9.17, 15) is 4.79 Å². The van der Waals surface area contributed by atoms with Crippen molar-refractivity contribution in [3.05, 3.63) is 47.5 Å². The first-order valence-corrected chi connectivity index (χ1v) is 6.91. The molecule has 6 nitrogen and oxygen atoms in total. The van der Waals surface area contributed by atoms with Crippen LogP contribution in [0.4, 0.5) is 0 Å². The Bertz CT molecular complexity index is 645. The van der Waals surface area contributed by atoms with E-state index < -0.39 is 0 Å². The first-order chi connectivity index (χ1) is 10.7. The number of nitrogens with one attached hydrogen (secondary N) is 1. The molecule has 0 radical (unpaired) electrons. The summed E-state index contributed by atoms with van der Waals surface area (Å²) in [7, 11) is 3.26. The number of nitrogens with zero attached hydrogens (tertiary/aromatic N) is 2. The Morgan fingerprint density at radius 1 is 1.18 bits per heavy atom. The van der Waals surface area contributed by atoms with Gasteiger partial charge in [-0.1, -0.05) is 0 Å². The molecule has 116 valence electrons. The van der Waals surface area contributed by atoms with E-state index in [1.807, 2.05) is 19.1 Å². The van der Waals surface area contributed by atoms with E-state index in [0.29, 0.717) is 18.7 Å². The molecule has 0 saturated carbocycles. The van der Waals surface area contributed by atoms with Gasteiger partial charge in [-0.15, -0.1) is 0 Å². The van der Waals surface area contributed by atoms with Gasteiger partial charge in [0.2, 0.25) is 0 Å². The summed E-state index contributed by atoms with van der Waals surface area (Å²) in [4.78, 5) is 19.7. The van der Waals surface area contributed by atoms with Gasteiger partial charge in [-0.3, -0.25) is 9.78 Å². The van der Waals surface area contributed by atoms with Crippen LogP contribution >= 0.6 is 0 Å². The van der Waals surface area contributed by atoms with E-state index in [-0.39, 0.29) is 5.91 Å². The van der Waals surface area contributed by atoms with E-state index >= 15 is 0 Å². The highest BCUT2D eigenvalue weighted by Gasteiger charge is 2.10. The zero-order valence-electron chi connectivity index (χ0n) is 12.9. The van der Waals surface area contributed by atoms with Gasteiger partial charge < -0.3 is 14.8 Å². The molecule has 6 heteroatoms. The monoisotopic (exact) mass is 301 g/mol. The van der Waals surface area contributed by atoms with Crippen LogP contribution < -0.4 is 14.8 Å². The van der Waals surface area contributed by atoms with Crippen molar-refractivity contribution >= 4 is 5.91 Å². The molecule has 22 heavy (non-hydrogen) atoms. The predicted octanol–water partition coefficient (Wildman–Crippen LogP) is 1.77. The number of benzene rings is 1. The van der Waals surface area contributed by atoms with Gasteiger partial charge in [-0.2, -0.15) is 0 Å². The van der Waals surface area contributed by atoms with Crippen LogP contribution in [-0.2, 0) is 6.42 Å². The first kappa shape index (κ1) is 15.8. The number of hydrogen-bond acceptors (Lipinski definition) is 5. The van der Waals surface area contributed by atoms with Gasteiger partial charge in [0.25, 0.3) is 5.91 Å². The van der Waals surface area contributed by atoms with Crippen molar-refractivity contribution in [2.75, 3.05) is 20.8 Å². The SMILES string of the molecule is COc1cc(CCNC(=O)c2cnccn2)c(OC)cc1C. The molecule has 0 spiro atoms. The highest BCUT2D eigenvalue weighted by Crippen LogP contribution is 2.28. The van der Waals surface area contributed by atoms with E-state index in [4.69, 9.17) is 9.47 Å². The fraction of sp³-hybridized carbons (Fsp3) is 0.312. The van der Waals surface area contributed by atoms with Crippen LogP contribution in [0.5, 0.6) is 11.5 Å². The lowest BCUT2D eigenvalue weighted by Gasteiger charge is -2.13. The summed E-state index contributed by atoms with van der Waals surface area (Å²) in [6, 6.07) is 3.86. The second kappa shape index (κ2) is 7.40. The van der Waals surface area contributed by atoms with E-state index in [1.54, 1.807) is 14.2 Å². The van der Waals surface area contributed by atoms with Crippen molar-refractivity contribution in [3.8, 4) is 11.5 Å². The molecular formula is C16H19N3O3. The van der Waals surface area contributed by atoms with Gasteiger partial charge in [0.15, 0.2) is 0 Å². The van der Waals surface area contributed by atoms with Gasteiger partial charge in [-0.05, 0) is 36.6 Å². The molecule has 0 fully saturated rings. The van der Waals surface area contributed by atoms with Crippen LogP contribution in [0.25, 0.3) is 0 Å². The molecule has 1 heterocycles. The van der Waals surface area contributed by atoms with Crippen molar-refractivity contribution in [3.63, 3.8) is 0 Å². The number of ether oxygens (including phenoxy) is 2. The number of carbonyl (C=O) groups excluding carboxylic acids is 1. The summed E-state index contributed by atoms with van der Waals surface area (Å²) in [5.74, 6) is 1.34. The third-order valence-corrected chi connectivity index (χ3v) is 3.27. The Balaban J connectivity index is 2.01. The summed E-state index contributed by atoms with van der Waals surface area (Å²) < 4.78 is 10.7. The highest BCUT2D eigenvalue weighted by molar-refractivity contribution is 5.91. The van der Waals surface area contributed by atoms with Gasteiger partial charge >= 0.3 is 0 Å². The fourth-order valence-corrected chi connectivity index (χ4v) is 2.13. The topological polar surface area (TPSA) is 73.3 Å². The van der Waals surface area contributed by atoms with Gasteiger partial charge in [0.05, 0.1) is 20.4 Å². The minimum absolute atomic E-state index is 0.244. The summed E-state index contributed by atoms with van der Waals surface area (Å²) >= 11 is 0. The van der Waals surface area contributed by atoms with Crippen LogP contribution in [0.2, 0.25) is 0 Å². The normalized spacial score (nSPS) is 10.1. The van der Waals surface area contributed by atoms with Crippen LogP contribution in [0, 0.1) is 6.92 Å². The average molecular weight is 301 g/mol. The van der Waals surface area contributed by atoms with E-state index in [0.717, 1.165) is 22.6 Å². The second-order valence-electron chi connectivity index (χ2n) is 4.73. The Kier molecular flexibility index (Phi) is 5.30. The zero-order valence-corrected chi connectivity index (χ0v) is 12.9.